The van der Waals surface area contributed by atoms with Gasteiger partial charge in [0.2, 0.25) is 5.91 Å². The van der Waals surface area contributed by atoms with Crippen molar-refractivity contribution < 1.29 is 19.1 Å². The summed E-state index contributed by atoms with van der Waals surface area (Å²) in [6, 6.07) is 7.07. The first-order valence-electron chi connectivity index (χ1n) is 9.38. The second kappa shape index (κ2) is 10.3. The summed E-state index contributed by atoms with van der Waals surface area (Å²) < 4.78 is 11.0. The van der Waals surface area contributed by atoms with Crippen molar-refractivity contribution in [2.24, 2.45) is 5.92 Å². The second-order valence-corrected chi connectivity index (χ2v) is 7.18. The molecule has 144 valence electrons. The molecule has 0 aliphatic carbocycles. The molecule has 2 amide bonds. The van der Waals surface area contributed by atoms with Gasteiger partial charge in [0, 0.05) is 18.0 Å². The maximum absolute atomic E-state index is 12.0. The van der Waals surface area contributed by atoms with Crippen molar-refractivity contribution in [2.75, 3.05) is 23.8 Å². The van der Waals surface area contributed by atoms with Crippen LogP contribution in [0, 0.1) is 5.92 Å². The van der Waals surface area contributed by atoms with Crippen LogP contribution in [0.1, 0.15) is 46.5 Å². The quantitative estimate of drug-likeness (QED) is 0.704. The topological polar surface area (TPSA) is 76.7 Å². The molecule has 6 nitrogen and oxygen atoms in total. The summed E-state index contributed by atoms with van der Waals surface area (Å²) in [5, 5.41) is 5.67. The average Bonchev–Trinajstić information content (AvgIpc) is 3.10. The highest BCUT2D eigenvalue weighted by Gasteiger charge is 2.23. The van der Waals surface area contributed by atoms with Crippen LogP contribution in [0.3, 0.4) is 0 Å². The predicted molar refractivity (Wildman–Crippen MR) is 102 cm³/mol. The minimum atomic E-state index is -0.354. The maximum atomic E-state index is 12.0. The van der Waals surface area contributed by atoms with Gasteiger partial charge in [0.1, 0.15) is 6.10 Å². The smallest absolute Gasteiger partial charge is 0.253 e. The van der Waals surface area contributed by atoms with Crippen LogP contribution in [0.2, 0.25) is 0 Å². The zero-order valence-electron chi connectivity index (χ0n) is 15.9. The predicted octanol–water partition coefficient (Wildman–Crippen LogP) is 3.58. The van der Waals surface area contributed by atoms with E-state index in [4.69, 9.17) is 9.47 Å². The minimum absolute atomic E-state index is 0.0853. The van der Waals surface area contributed by atoms with Gasteiger partial charge in [-0.3, -0.25) is 9.59 Å². The Morgan fingerprint density at radius 1 is 1.15 bits per heavy atom. The van der Waals surface area contributed by atoms with Crippen LogP contribution < -0.4 is 10.6 Å². The Kier molecular flexibility index (Phi) is 8.06. The number of anilines is 2. The fourth-order valence-electron chi connectivity index (χ4n) is 2.95. The summed E-state index contributed by atoms with van der Waals surface area (Å²) >= 11 is 0. The highest BCUT2D eigenvalue weighted by Crippen LogP contribution is 2.17. The first-order valence-corrected chi connectivity index (χ1v) is 9.38. The van der Waals surface area contributed by atoms with Gasteiger partial charge >= 0.3 is 0 Å². The van der Waals surface area contributed by atoms with Crippen molar-refractivity contribution in [1.82, 2.24) is 0 Å². The van der Waals surface area contributed by atoms with E-state index in [1.54, 1.807) is 24.3 Å². The fraction of sp³-hybridized carbons (Fsp3) is 0.600. The molecule has 2 atom stereocenters. The lowest BCUT2D eigenvalue weighted by atomic mass is 10.1. The number of hydrogen-bond donors (Lipinski definition) is 2. The van der Waals surface area contributed by atoms with Crippen LogP contribution in [0.4, 0.5) is 11.4 Å². The number of carbonyl (C=O) groups excluding carboxylic acids is 2. The molecule has 0 bridgehead atoms. The first kappa shape index (κ1) is 20.4. The Bertz CT molecular complexity index is 580. The number of hydrogen-bond acceptors (Lipinski definition) is 4. The third-order valence-electron chi connectivity index (χ3n) is 4.19. The lowest BCUT2D eigenvalue weighted by Crippen LogP contribution is -2.26. The largest absolute Gasteiger partial charge is 0.378 e. The molecule has 6 heteroatoms. The highest BCUT2D eigenvalue weighted by atomic mass is 16.5. The van der Waals surface area contributed by atoms with Crippen molar-refractivity contribution in [1.29, 1.82) is 0 Å². The molecule has 0 saturated carbocycles. The number of amides is 2. The molecule has 1 saturated heterocycles. The number of carbonyl (C=O) groups is 2. The number of rotatable bonds is 9. The van der Waals surface area contributed by atoms with Gasteiger partial charge in [-0.05, 0) is 56.4 Å². The van der Waals surface area contributed by atoms with Crippen LogP contribution in [-0.2, 0) is 19.1 Å². The van der Waals surface area contributed by atoms with E-state index >= 15 is 0 Å². The van der Waals surface area contributed by atoms with Crippen molar-refractivity contribution in [3.63, 3.8) is 0 Å². The maximum Gasteiger partial charge on any atom is 0.253 e. The van der Waals surface area contributed by atoms with Crippen LogP contribution in [-0.4, -0.2) is 37.2 Å². The second-order valence-electron chi connectivity index (χ2n) is 7.18. The molecular formula is C20H30N2O4. The van der Waals surface area contributed by atoms with E-state index in [0.717, 1.165) is 19.3 Å². The number of ether oxygens (including phenoxy) is 2. The first-order chi connectivity index (χ1) is 12.4. The SMILES string of the molecule is CC(C)CC(C)OCCC(=O)Nc1ccc(NC(=O)C2CCCO2)cc1. The van der Waals surface area contributed by atoms with E-state index in [9.17, 15) is 9.59 Å². The molecule has 0 spiro atoms. The highest BCUT2D eigenvalue weighted by molar-refractivity contribution is 5.95. The Labute approximate surface area is 155 Å². The lowest BCUT2D eigenvalue weighted by Gasteiger charge is -2.15. The van der Waals surface area contributed by atoms with E-state index in [2.05, 4.69) is 24.5 Å². The summed E-state index contributed by atoms with van der Waals surface area (Å²) in [7, 11) is 0. The Morgan fingerprint density at radius 3 is 2.38 bits per heavy atom. The Balaban J connectivity index is 1.70. The molecule has 1 aromatic rings. The van der Waals surface area contributed by atoms with Crippen LogP contribution in [0.5, 0.6) is 0 Å². The fourth-order valence-corrected chi connectivity index (χ4v) is 2.95. The standard InChI is InChI=1S/C20H30N2O4/c1-14(2)13-15(3)25-12-10-19(23)21-16-6-8-17(9-7-16)22-20(24)18-5-4-11-26-18/h6-9,14-15,18H,4-5,10-13H2,1-3H3,(H,21,23)(H,22,24). The van der Waals surface area contributed by atoms with Gasteiger partial charge in [-0.2, -0.15) is 0 Å². The van der Waals surface area contributed by atoms with Crippen molar-refractivity contribution in [3.05, 3.63) is 24.3 Å². The van der Waals surface area contributed by atoms with E-state index in [-0.39, 0.29) is 24.0 Å². The minimum Gasteiger partial charge on any atom is -0.378 e. The van der Waals surface area contributed by atoms with Gasteiger partial charge in [0.15, 0.2) is 0 Å². The van der Waals surface area contributed by atoms with Gasteiger partial charge in [-0.1, -0.05) is 13.8 Å². The molecular weight excluding hydrogens is 332 g/mol. The van der Waals surface area contributed by atoms with Crippen LogP contribution in [0.25, 0.3) is 0 Å². The molecule has 1 aromatic carbocycles. The van der Waals surface area contributed by atoms with Crippen molar-refractivity contribution in [3.8, 4) is 0 Å². The average molecular weight is 362 g/mol. The normalized spacial score (nSPS) is 17.9. The molecule has 2 rings (SSSR count). The van der Waals surface area contributed by atoms with Gasteiger partial charge in [-0.15, -0.1) is 0 Å². The van der Waals surface area contributed by atoms with Gasteiger partial charge in [-0.25, -0.2) is 0 Å². The Morgan fingerprint density at radius 2 is 1.81 bits per heavy atom. The van der Waals surface area contributed by atoms with Crippen LogP contribution in [0.15, 0.2) is 24.3 Å². The molecule has 1 heterocycles. The van der Waals surface area contributed by atoms with Gasteiger partial charge in [0.25, 0.3) is 5.91 Å². The zero-order chi connectivity index (χ0) is 18.9. The van der Waals surface area contributed by atoms with Crippen molar-refractivity contribution >= 4 is 23.2 Å². The van der Waals surface area contributed by atoms with E-state index in [1.165, 1.54) is 0 Å². The van der Waals surface area contributed by atoms with E-state index in [1.807, 2.05) is 6.92 Å². The van der Waals surface area contributed by atoms with E-state index < -0.39 is 0 Å². The number of nitrogens with one attached hydrogen (secondary N) is 2. The third kappa shape index (κ3) is 7.14. The monoisotopic (exact) mass is 362 g/mol. The summed E-state index contributed by atoms with van der Waals surface area (Å²) in [4.78, 5) is 24.0. The summed E-state index contributed by atoms with van der Waals surface area (Å²) in [6.45, 7) is 7.39. The molecule has 0 radical (unpaired) electrons. The molecule has 1 aliphatic heterocycles. The molecule has 2 N–H and O–H groups in total. The zero-order valence-corrected chi connectivity index (χ0v) is 15.9. The molecule has 26 heavy (non-hydrogen) atoms. The van der Waals surface area contributed by atoms with E-state index in [0.29, 0.717) is 36.9 Å². The van der Waals surface area contributed by atoms with Crippen LogP contribution >= 0.6 is 0 Å². The molecule has 0 aromatic heterocycles. The van der Waals surface area contributed by atoms with Gasteiger partial charge < -0.3 is 20.1 Å². The molecule has 1 fully saturated rings. The summed E-state index contributed by atoms with van der Waals surface area (Å²) in [6.07, 6.45) is 2.80. The molecule has 2 unspecified atom stereocenters. The Hall–Kier alpha value is -1.92. The van der Waals surface area contributed by atoms with Crippen molar-refractivity contribution in [2.45, 2.75) is 58.7 Å². The van der Waals surface area contributed by atoms with Gasteiger partial charge in [0.05, 0.1) is 19.1 Å². The summed E-state index contributed by atoms with van der Waals surface area (Å²) in [5.74, 6) is 0.378. The molecule has 1 aliphatic rings. The number of benzene rings is 1. The summed E-state index contributed by atoms with van der Waals surface area (Å²) in [5.41, 5.74) is 1.38. The third-order valence-corrected chi connectivity index (χ3v) is 4.19. The lowest BCUT2D eigenvalue weighted by molar-refractivity contribution is -0.124.